The molecule has 0 aliphatic carbocycles. The van der Waals surface area contributed by atoms with Gasteiger partial charge in [-0.1, -0.05) is 23.2 Å². The SMILES string of the molecule is Cc1c(Cl)ncnc1Nc1ccc(Br)c(Cl)c1. The van der Waals surface area contributed by atoms with Gasteiger partial charge >= 0.3 is 0 Å². The number of hydrogen-bond acceptors (Lipinski definition) is 3. The monoisotopic (exact) mass is 331 g/mol. The normalized spacial score (nSPS) is 10.4. The predicted octanol–water partition coefficient (Wildman–Crippen LogP) is 4.60. The number of nitrogens with one attached hydrogen (secondary N) is 1. The predicted molar refractivity (Wildman–Crippen MR) is 74.2 cm³/mol. The first-order valence-corrected chi connectivity index (χ1v) is 6.32. The fourth-order valence-corrected chi connectivity index (χ4v) is 1.83. The lowest BCUT2D eigenvalue weighted by Gasteiger charge is -2.09. The molecule has 0 atom stereocenters. The first kappa shape index (κ1) is 12.6. The number of halogens is 3. The van der Waals surface area contributed by atoms with E-state index >= 15 is 0 Å². The van der Waals surface area contributed by atoms with E-state index in [1.54, 1.807) is 6.07 Å². The summed E-state index contributed by atoms with van der Waals surface area (Å²) in [5, 5.41) is 4.21. The van der Waals surface area contributed by atoms with Crippen molar-refractivity contribution in [3.05, 3.63) is 44.7 Å². The third-order valence-corrected chi connectivity index (χ3v) is 3.82. The van der Waals surface area contributed by atoms with Crippen molar-refractivity contribution in [3.8, 4) is 0 Å². The van der Waals surface area contributed by atoms with Gasteiger partial charge in [0.1, 0.15) is 17.3 Å². The van der Waals surface area contributed by atoms with Gasteiger partial charge < -0.3 is 5.32 Å². The first-order chi connectivity index (χ1) is 8.08. The summed E-state index contributed by atoms with van der Waals surface area (Å²) in [6, 6.07) is 5.56. The molecule has 0 aliphatic rings. The average molecular weight is 333 g/mol. The molecule has 0 fully saturated rings. The number of aromatic nitrogens is 2. The van der Waals surface area contributed by atoms with Crippen molar-refractivity contribution in [2.24, 2.45) is 0 Å². The minimum atomic E-state index is 0.436. The van der Waals surface area contributed by atoms with Crippen molar-refractivity contribution >= 4 is 50.6 Å². The third-order valence-electron chi connectivity index (χ3n) is 2.20. The Kier molecular flexibility index (Phi) is 3.86. The van der Waals surface area contributed by atoms with Crippen LogP contribution in [0.3, 0.4) is 0 Å². The molecular formula is C11H8BrCl2N3. The Bertz CT molecular complexity index is 560. The van der Waals surface area contributed by atoms with Gasteiger partial charge in [-0.05, 0) is 41.1 Å². The van der Waals surface area contributed by atoms with Gasteiger partial charge in [0.2, 0.25) is 0 Å². The van der Waals surface area contributed by atoms with Crippen LogP contribution < -0.4 is 5.32 Å². The van der Waals surface area contributed by atoms with Crippen LogP contribution in [0.15, 0.2) is 29.0 Å². The Labute approximate surface area is 117 Å². The summed E-state index contributed by atoms with van der Waals surface area (Å²) in [5.41, 5.74) is 1.64. The summed E-state index contributed by atoms with van der Waals surface area (Å²) in [4.78, 5) is 8.02. The molecule has 17 heavy (non-hydrogen) atoms. The van der Waals surface area contributed by atoms with E-state index in [-0.39, 0.29) is 0 Å². The van der Waals surface area contributed by atoms with Crippen LogP contribution in [-0.2, 0) is 0 Å². The third kappa shape index (κ3) is 2.89. The van der Waals surface area contributed by atoms with Gasteiger partial charge in [-0.25, -0.2) is 9.97 Å². The highest BCUT2D eigenvalue weighted by atomic mass is 79.9. The molecule has 6 heteroatoms. The molecule has 2 aromatic rings. The van der Waals surface area contributed by atoms with Gasteiger partial charge in [0, 0.05) is 15.7 Å². The molecule has 0 amide bonds. The van der Waals surface area contributed by atoms with Crippen molar-refractivity contribution in [3.63, 3.8) is 0 Å². The highest BCUT2D eigenvalue weighted by molar-refractivity contribution is 9.10. The van der Waals surface area contributed by atoms with Gasteiger partial charge in [-0.2, -0.15) is 0 Å². The van der Waals surface area contributed by atoms with Gasteiger partial charge in [-0.3, -0.25) is 0 Å². The Morgan fingerprint density at radius 3 is 2.71 bits per heavy atom. The van der Waals surface area contributed by atoms with Gasteiger partial charge in [-0.15, -0.1) is 0 Å². The number of rotatable bonds is 2. The smallest absolute Gasteiger partial charge is 0.138 e. The number of nitrogens with zero attached hydrogens (tertiary/aromatic N) is 2. The van der Waals surface area contributed by atoms with E-state index in [9.17, 15) is 0 Å². The maximum atomic E-state index is 6.01. The maximum absolute atomic E-state index is 6.01. The van der Waals surface area contributed by atoms with Crippen LogP contribution in [0, 0.1) is 6.92 Å². The molecule has 1 aromatic carbocycles. The fraction of sp³-hybridized carbons (Fsp3) is 0.0909. The van der Waals surface area contributed by atoms with Gasteiger partial charge in [0.25, 0.3) is 0 Å². The topological polar surface area (TPSA) is 37.8 Å². The molecule has 1 N–H and O–H groups in total. The van der Waals surface area contributed by atoms with E-state index in [1.807, 2.05) is 19.1 Å². The summed E-state index contributed by atoms with van der Waals surface area (Å²) in [5.74, 6) is 0.670. The van der Waals surface area contributed by atoms with E-state index in [2.05, 4.69) is 31.2 Å². The minimum Gasteiger partial charge on any atom is -0.340 e. The van der Waals surface area contributed by atoms with E-state index < -0.39 is 0 Å². The molecule has 2 rings (SSSR count). The number of anilines is 2. The van der Waals surface area contributed by atoms with Crippen molar-refractivity contribution in [1.29, 1.82) is 0 Å². The quantitative estimate of drug-likeness (QED) is 0.817. The lowest BCUT2D eigenvalue weighted by molar-refractivity contribution is 1.13. The van der Waals surface area contributed by atoms with Crippen LogP contribution in [0.1, 0.15) is 5.56 Å². The molecule has 0 saturated heterocycles. The van der Waals surface area contributed by atoms with Crippen LogP contribution in [0.25, 0.3) is 0 Å². The highest BCUT2D eigenvalue weighted by Crippen LogP contribution is 2.28. The van der Waals surface area contributed by atoms with Crippen LogP contribution in [-0.4, -0.2) is 9.97 Å². The zero-order valence-corrected chi connectivity index (χ0v) is 11.9. The summed E-state index contributed by atoms with van der Waals surface area (Å²) >= 11 is 15.3. The molecule has 0 bridgehead atoms. The minimum absolute atomic E-state index is 0.436. The summed E-state index contributed by atoms with van der Waals surface area (Å²) < 4.78 is 0.849. The summed E-state index contributed by atoms with van der Waals surface area (Å²) in [6.45, 7) is 1.85. The fourth-order valence-electron chi connectivity index (χ4n) is 1.27. The van der Waals surface area contributed by atoms with E-state index in [4.69, 9.17) is 23.2 Å². The van der Waals surface area contributed by atoms with Crippen molar-refractivity contribution in [2.75, 3.05) is 5.32 Å². The van der Waals surface area contributed by atoms with Crippen LogP contribution in [0.5, 0.6) is 0 Å². The second-order valence-corrected chi connectivity index (χ2v) is 5.01. The molecule has 0 saturated carbocycles. The van der Waals surface area contributed by atoms with Crippen LogP contribution >= 0.6 is 39.1 Å². The van der Waals surface area contributed by atoms with Crippen molar-refractivity contribution < 1.29 is 0 Å². The highest BCUT2D eigenvalue weighted by Gasteiger charge is 2.06. The second kappa shape index (κ2) is 5.21. The number of benzene rings is 1. The Balaban J connectivity index is 2.31. The van der Waals surface area contributed by atoms with Gasteiger partial charge in [0.15, 0.2) is 0 Å². The largest absolute Gasteiger partial charge is 0.340 e. The molecule has 88 valence electrons. The van der Waals surface area contributed by atoms with E-state index in [0.717, 1.165) is 15.7 Å². The molecule has 1 heterocycles. The lowest BCUT2D eigenvalue weighted by atomic mass is 10.3. The van der Waals surface area contributed by atoms with Crippen molar-refractivity contribution in [2.45, 2.75) is 6.92 Å². The zero-order valence-electron chi connectivity index (χ0n) is 8.84. The summed E-state index contributed by atoms with van der Waals surface area (Å²) in [6.07, 6.45) is 1.41. The van der Waals surface area contributed by atoms with Gasteiger partial charge in [0.05, 0.1) is 5.02 Å². The molecule has 1 aromatic heterocycles. The maximum Gasteiger partial charge on any atom is 0.138 e. The second-order valence-electron chi connectivity index (χ2n) is 3.39. The summed E-state index contributed by atoms with van der Waals surface area (Å²) in [7, 11) is 0. The van der Waals surface area contributed by atoms with E-state index in [1.165, 1.54) is 6.33 Å². The van der Waals surface area contributed by atoms with Crippen LogP contribution in [0.4, 0.5) is 11.5 Å². The molecule has 0 spiro atoms. The standard InChI is InChI=1S/C11H8BrCl2N3/c1-6-10(14)15-5-16-11(6)17-7-2-3-8(12)9(13)4-7/h2-5H,1H3,(H,15,16,17). The molecule has 0 unspecified atom stereocenters. The Morgan fingerprint density at radius 2 is 2.00 bits per heavy atom. The van der Waals surface area contributed by atoms with E-state index in [0.29, 0.717) is 16.0 Å². The first-order valence-electron chi connectivity index (χ1n) is 4.77. The molecule has 0 aliphatic heterocycles. The Hall–Kier alpha value is -0.840. The average Bonchev–Trinajstić information content (AvgIpc) is 2.30. The lowest BCUT2D eigenvalue weighted by Crippen LogP contribution is -1.98. The molecule has 0 radical (unpaired) electrons. The molecule has 3 nitrogen and oxygen atoms in total. The molecular weight excluding hydrogens is 325 g/mol. The van der Waals surface area contributed by atoms with Crippen LogP contribution in [0.2, 0.25) is 10.2 Å². The zero-order chi connectivity index (χ0) is 12.4. The number of hydrogen-bond donors (Lipinski definition) is 1. The van der Waals surface area contributed by atoms with Crippen molar-refractivity contribution in [1.82, 2.24) is 9.97 Å². The Morgan fingerprint density at radius 1 is 1.24 bits per heavy atom.